The summed E-state index contributed by atoms with van der Waals surface area (Å²) in [5.74, 6) is 0.573. The maximum atomic E-state index is 13.7. The third kappa shape index (κ3) is 4.51. The van der Waals surface area contributed by atoms with E-state index in [9.17, 15) is 14.4 Å². The number of nitrogens with one attached hydrogen (secondary N) is 1. The van der Waals surface area contributed by atoms with Crippen molar-refractivity contribution in [2.75, 3.05) is 17.6 Å². The summed E-state index contributed by atoms with van der Waals surface area (Å²) in [4.78, 5) is 46.2. The van der Waals surface area contributed by atoms with Gasteiger partial charge in [0.15, 0.2) is 5.16 Å². The van der Waals surface area contributed by atoms with Gasteiger partial charge in [0, 0.05) is 24.0 Å². The second kappa shape index (κ2) is 9.47. The topological polar surface area (TPSA) is 97.4 Å². The van der Waals surface area contributed by atoms with E-state index in [2.05, 4.69) is 5.32 Å². The van der Waals surface area contributed by atoms with Gasteiger partial charge in [-0.15, -0.1) is 11.3 Å². The van der Waals surface area contributed by atoms with Crippen molar-refractivity contribution in [2.24, 2.45) is 0 Å². The molecule has 1 aromatic carbocycles. The number of furan rings is 1. The van der Waals surface area contributed by atoms with Gasteiger partial charge in [-0.3, -0.25) is 19.0 Å². The molecule has 0 unspecified atom stereocenters. The number of carbonyl (C=O) groups is 2. The molecular weight excluding hydrogens is 472 g/mol. The van der Waals surface area contributed by atoms with Gasteiger partial charge in [-0.05, 0) is 36.2 Å². The molecule has 1 aliphatic rings. The minimum atomic E-state index is -0.183. The van der Waals surface area contributed by atoms with Gasteiger partial charge in [-0.1, -0.05) is 30.0 Å². The third-order valence-electron chi connectivity index (χ3n) is 5.65. The Balaban J connectivity index is 1.48. The van der Waals surface area contributed by atoms with Gasteiger partial charge in [-0.2, -0.15) is 0 Å². The van der Waals surface area contributed by atoms with Crippen LogP contribution in [0.5, 0.6) is 0 Å². The monoisotopic (exact) mass is 494 g/mol. The zero-order valence-electron chi connectivity index (χ0n) is 18.4. The SMILES string of the molecule is CC(=O)N1CCc2c(sc3nc(SCC(=O)Nc4ccccc4)n(Cc4ccco4)c(=O)c23)C1. The van der Waals surface area contributed by atoms with Crippen molar-refractivity contribution in [3.8, 4) is 0 Å². The fraction of sp³-hybridized carbons (Fsp3) is 0.250. The van der Waals surface area contributed by atoms with Crippen molar-refractivity contribution < 1.29 is 14.0 Å². The van der Waals surface area contributed by atoms with Gasteiger partial charge >= 0.3 is 0 Å². The van der Waals surface area contributed by atoms with E-state index in [4.69, 9.17) is 9.40 Å². The normalized spacial score (nSPS) is 13.1. The van der Waals surface area contributed by atoms with Crippen LogP contribution in [-0.2, 0) is 29.1 Å². The zero-order chi connectivity index (χ0) is 23.7. The number of hydrogen-bond donors (Lipinski definition) is 1. The largest absolute Gasteiger partial charge is 0.467 e. The van der Waals surface area contributed by atoms with Crippen LogP contribution in [0.4, 0.5) is 5.69 Å². The summed E-state index contributed by atoms with van der Waals surface area (Å²) in [6.45, 7) is 2.86. The maximum absolute atomic E-state index is 13.7. The van der Waals surface area contributed by atoms with Crippen molar-refractivity contribution >= 4 is 50.8 Å². The average Bonchev–Trinajstić information content (AvgIpc) is 3.47. The number of rotatable bonds is 6. The van der Waals surface area contributed by atoms with Gasteiger partial charge in [0.2, 0.25) is 11.8 Å². The van der Waals surface area contributed by atoms with Gasteiger partial charge in [0.1, 0.15) is 10.6 Å². The number of para-hydroxylation sites is 1. The number of fused-ring (bicyclic) bond motifs is 3. The quantitative estimate of drug-likeness (QED) is 0.324. The molecular formula is C24H22N4O4S2. The molecule has 8 nitrogen and oxygen atoms in total. The minimum Gasteiger partial charge on any atom is -0.467 e. The standard InChI is InChI=1S/C24H22N4O4S2/c1-15(29)27-10-9-18-19(13-27)34-22-21(18)23(31)28(12-17-8-5-11-32-17)24(26-22)33-14-20(30)25-16-6-3-2-4-7-16/h2-8,11H,9-10,12-14H2,1H3,(H,25,30). The van der Waals surface area contributed by atoms with Crippen molar-refractivity contribution in [1.29, 1.82) is 0 Å². The zero-order valence-corrected chi connectivity index (χ0v) is 20.1. The molecule has 0 bridgehead atoms. The Morgan fingerprint density at radius 2 is 2.03 bits per heavy atom. The highest BCUT2D eigenvalue weighted by molar-refractivity contribution is 7.99. The Labute approximate surface area is 203 Å². The van der Waals surface area contributed by atoms with Crippen molar-refractivity contribution in [2.45, 2.75) is 31.6 Å². The summed E-state index contributed by atoms with van der Waals surface area (Å²) in [6.07, 6.45) is 2.19. The van der Waals surface area contributed by atoms with E-state index in [1.165, 1.54) is 23.1 Å². The number of anilines is 1. The first-order valence-electron chi connectivity index (χ1n) is 10.8. The van der Waals surface area contributed by atoms with Crippen LogP contribution in [0, 0.1) is 0 Å². The van der Waals surface area contributed by atoms with E-state index in [0.717, 1.165) is 10.4 Å². The number of carbonyl (C=O) groups excluding carboxylic acids is 2. The first-order valence-corrected chi connectivity index (χ1v) is 12.6. The Bertz CT molecular complexity index is 1410. The molecule has 3 aromatic heterocycles. The molecule has 4 heterocycles. The Morgan fingerprint density at radius 1 is 1.21 bits per heavy atom. The van der Waals surface area contributed by atoms with Crippen LogP contribution in [0.1, 0.15) is 23.1 Å². The van der Waals surface area contributed by atoms with Crippen molar-refractivity contribution in [1.82, 2.24) is 14.5 Å². The minimum absolute atomic E-state index is 0.0203. The summed E-state index contributed by atoms with van der Waals surface area (Å²) < 4.78 is 7.06. The number of amides is 2. The predicted octanol–water partition coefficient (Wildman–Crippen LogP) is 3.73. The number of nitrogens with zero attached hydrogens (tertiary/aromatic N) is 3. The fourth-order valence-corrected chi connectivity index (χ4v) is 6.06. The summed E-state index contributed by atoms with van der Waals surface area (Å²) in [5, 5.41) is 3.92. The summed E-state index contributed by atoms with van der Waals surface area (Å²) in [7, 11) is 0. The van der Waals surface area contributed by atoms with E-state index in [1.807, 2.05) is 30.3 Å². The molecule has 0 atom stereocenters. The molecule has 0 saturated heterocycles. The lowest BCUT2D eigenvalue weighted by molar-refractivity contribution is -0.129. The highest BCUT2D eigenvalue weighted by Crippen LogP contribution is 2.34. The fourth-order valence-electron chi connectivity index (χ4n) is 3.98. The molecule has 0 radical (unpaired) electrons. The number of thiophene rings is 1. The van der Waals surface area contributed by atoms with Crippen LogP contribution in [0.25, 0.3) is 10.2 Å². The van der Waals surface area contributed by atoms with E-state index >= 15 is 0 Å². The Hall–Kier alpha value is -3.37. The van der Waals surface area contributed by atoms with Gasteiger partial charge in [0.25, 0.3) is 5.56 Å². The van der Waals surface area contributed by atoms with Crippen LogP contribution < -0.4 is 10.9 Å². The number of hydrogen-bond acceptors (Lipinski definition) is 7. The number of benzene rings is 1. The third-order valence-corrected chi connectivity index (χ3v) is 7.74. The lowest BCUT2D eigenvalue weighted by atomic mass is 10.1. The number of thioether (sulfide) groups is 1. The second-order valence-corrected chi connectivity index (χ2v) is 9.97. The van der Waals surface area contributed by atoms with Crippen LogP contribution in [0.3, 0.4) is 0 Å². The lowest BCUT2D eigenvalue weighted by Crippen LogP contribution is -2.34. The maximum Gasteiger partial charge on any atom is 0.263 e. The molecule has 2 amide bonds. The molecule has 0 saturated carbocycles. The van der Waals surface area contributed by atoms with Crippen LogP contribution in [0.15, 0.2) is 63.1 Å². The highest BCUT2D eigenvalue weighted by Gasteiger charge is 2.26. The second-order valence-electron chi connectivity index (χ2n) is 7.94. The smallest absolute Gasteiger partial charge is 0.263 e. The molecule has 174 valence electrons. The number of aromatic nitrogens is 2. The first-order chi connectivity index (χ1) is 16.5. The molecule has 0 spiro atoms. The first kappa shape index (κ1) is 22.4. The van der Waals surface area contributed by atoms with Crippen molar-refractivity contribution in [3.05, 3.63) is 75.3 Å². The van der Waals surface area contributed by atoms with Crippen LogP contribution >= 0.6 is 23.1 Å². The average molecular weight is 495 g/mol. The predicted molar refractivity (Wildman–Crippen MR) is 132 cm³/mol. The molecule has 0 fully saturated rings. The van der Waals surface area contributed by atoms with Gasteiger partial charge < -0.3 is 14.6 Å². The van der Waals surface area contributed by atoms with Gasteiger partial charge in [0.05, 0.1) is 30.5 Å². The summed E-state index contributed by atoms with van der Waals surface area (Å²) in [5.41, 5.74) is 1.54. The molecule has 1 N–H and O–H groups in total. The van der Waals surface area contributed by atoms with E-state index < -0.39 is 0 Å². The molecule has 34 heavy (non-hydrogen) atoms. The summed E-state index contributed by atoms with van der Waals surface area (Å²) >= 11 is 2.66. The molecule has 10 heteroatoms. The summed E-state index contributed by atoms with van der Waals surface area (Å²) in [6, 6.07) is 12.8. The van der Waals surface area contributed by atoms with Crippen LogP contribution in [-0.4, -0.2) is 38.6 Å². The van der Waals surface area contributed by atoms with Crippen LogP contribution in [0.2, 0.25) is 0 Å². The Kier molecular flexibility index (Phi) is 6.25. The highest BCUT2D eigenvalue weighted by atomic mass is 32.2. The van der Waals surface area contributed by atoms with E-state index in [0.29, 0.717) is 46.3 Å². The molecule has 5 rings (SSSR count). The van der Waals surface area contributed by atoms with E-state index in [1.54, 1.807) is 34.8 Å². The lowest BCUT2D eigenvalue weighted by Gasteiger charge is -2.25. The molecule has 1 aliphatic heterocycles. The van der Waals surface area contributed by atoms with Crippen molar-refractivity contribution in [3.63, 3.8) is 0 Å². The molecule has 4 aromatic rings. The van der Waals surface area contributed by atoms with E-state index in [-0.39, 0.29) is 29.7 Å². The molecule has 0 aliphatic carbocycles. The Morgan fingerprint density at radius 3 is 2.76 bits per heavy atom. The van der Waals surface area contributed by atoms with Gasteiger partial charge in [-0.25, -0.2) is 4.98 Å².